The molecule has 5 heteroatoms. The molecule has 0 unspecified atom stereocenters. The fourth-order valence-electron chi connectivity index (χ4n) is 2.60. The molecule has 0 heterocycles. The van der Waals surface area contributed by atoms with E-state index in [2.05, 4.69) is 29.3 Å². The third kappa shape index (κ3) is 5.23. The highest BCUT2D eigenvalue weighted by Crippen LogP contribution is 2.51. The van der Waals surface area contributed by atoms with Crippen molar-refractivity contribution in [2.24, 2.45) is 0 Å². The molecule has 0 radical (unpaired) electrons. The van der Waals surface area contributed by atoms with E-state index in [-0.39, 0.29) is 16.6 Å². The zero-order valence-electron chi connectivity index (χ0n) is 14.5. The number of hydrogen-bond donors (Lipinski definition) is 2. The summed E-state index contributed by atoms with van der Waals surface area (Å²) in [6.07, 6.45) is 3.82. The van der Waals surface area contributed by atoms with Crippen LogP contribution in [0.4, 0.5) is 5.69 Å². The van der Waals surface area contributed by atoms with E-state index in [1.807, 2.05) is 42.1 Å². The summed E-state index contributed by atoms with van der Waals surface area (Å²) in [5, 5.41) is 5.76. The van der Waals surface area contributed by atoms with E-state index in [0.717, 1.165) is 18.4 Å². The Balaban J connectivity index is 1.47. The minimum absolute atomic E-state index is 0.0211. The van der Waals surface area contributed by atoms with Gasteiger partial charge in [-0.3, -0.25) is 9.59 Å². The first-order valence-corrected chi connectivity index (χ1v) is 9.43. The highest BCUT2D eigenvalue weighted by Gasteiger charge is 2.43. The van der Waals surface area contributed by atoms with Gasteiger partial charge >= 0.3 is 0 Å². The Labute approximate surface area is 158 Å². The van der Waals surface area contributed by atoms with Crippen LogP contribution in [0.5, 0.6) is 0 Å². The molecule has 26 heavy (non-hydrogen) atoms. The molecule has 3 rings (SSSR count). The lowest BCUT2D eigenvalue weighted by molar-refractivity contribution is -0.120. The van der Waals surface area contributed by atoms with Crippen LogP contribution in [-0.2, 0) is 16.0 Å². The van der Waals surface area contributed by atoms with Crippen LogP contribution >= 0.6 is 11.8 Å². The molecule has 0 aromatic heterocycles. The van der Waals surface area contributed by atoms with E-state index in [4.69, 9.17) is 0 Å². The zero-order valence-corrected chi connectivity index (χ0v) is 15.4. The quantitative estimate of drug-likeness (QED) is 0.699. The minimum atomic E-state index is -0.249. The summed E-state index contributed by atoms with van der Waals surface area (Å²) in [5.41, 5.74) is 1.61. The van der Waals surface area contributed by atoms with Crippen LogP contribution in [-0.4, -0.2) is 23.1 Å². The summed E-state index contributed by atoms with van der Waals surface area (Å²) in [5.74, 6) is -0.228. The molecule has 1 fully saturated rings. The van der Waals surface area contributed by atoms with Crippen molar-refractivity contribution in [3.63, 3.8) is 0 Å². The van der Waals surface area contributed by atoms with E-state index in [9.17, 15) is 9.59 Å². The van der Waals surface area contributed by atoms with Crippen molar-refractivity contribution < 1.29 is 9.59 Å². The molecule has 2 N–H and O–H groups in total. The number of benzene rings is 2. The van der Waals surface area contributed by atoms with Gasteiger partial charge in [0.2, 0.25) is 11.8 Å². The Morgan fingerprint density at radius 2 is 1.77 bits per heavy atom. The van der Waals surface area contributed by atoms with Crippen molar-refractivity contribution in [2.75, 3.05) is 11.9 Å². The van der Waals surface area contributed by atoms with Crippen molar-refractivity contribution >= 4 is 29.3 Å². The molecule has 1 saturated carbocycles. The van der Waals surface area contributed by atoms with Crippen LogP contribution in [0.1, 0.15) is 18.4 Å². The standard InChI is InChI=1S/C21H22N2O2S/c1-2-19(24)23-17-10-8-16(9-11-17)14-20(25)22-15-21(12-13-21)26-18-6-4-3-5-7-18/h2-11H,1,12-15H2,(H,22,25)(H,23,24). The highest BCUT2D eigenvalue weighted by atomic mass is 32.2. The van der Waals surface area contributed by atoms with E-state index >= 15 is 0 Å². The van der Waals surface area contributed by atoms with E-state index in [1.165, 1.54) is 11.0 Å². The zero-order chi connectivity index (χ0) is 18.4. The number of carbonyl (C=O) groups is 2. The van der Waals surface area contributed by atoms with Gasteiger partial charge in [-0.2, -0.15) is 0 Å². The van der Waals surface area contributed by atoms with E-state index < -0.39 is 0 Å². The molecule has 1 aliphatic rings. The summed E-state index contributed by atoms with van der Waals surface area (Å²) in [4.78, 5) is 24.8. The van der Waals surface area contributed by atoms with E-state index in [1.54, 1.807) is 12.1 Å². The van der Waals surface area contributed by atoms with Gasteiger partial charge in [0.25, 0.3) is 0 Å². The average Bonchev–Trinajstić information content (AvgIpc) is 3.42. The average molecular weight is 366 g/mol. The lowest BCUT2D eigenvalue weighted by atomic mass is 10.1. The van der Waals surface area contributed by atoms with Crippen LogP contribution < -0.4 is 10.6 Å². The van der Waals surface area contributed by atoms with Gasteiger partial charge in [-0.25, -0.2) is 0 Å². The Hall–Kier alpha value is -2.53. The second-order valence-corrected chi connectivity index (χ2v) is 7.98. The Kier molecular flexibility index (Phi) is 5.78. The summed E-state index contributed by atoms with van der Waals surface area (Å²) < 4.78 is 0.149. The number of thioether (sulfide) groups is 1. The Morgan fingerprint density at radius 1 is 1.08 bits per heavy atom. The summed E-state index contributed by atoms with van der Waals surface area (Å²) >= 11 is 1.85. The molecular formula is C21H22N2O2S. The summed E-state index contributed by atoms with van der Waals surface area (Å²) in [7, 11) is 0. The lowest BCUT2D eigenvalue weighted by Gasteiger charge is -2.16. The fourth-order valence-corrected chi connectivity index (χ4v) is 3.84. The molecule has 4 nitrogen and oxygen atoms in total. The van der Waals surface area contributed by atoms with Gasteiger partial charge in [-0.1, -0.05) is 36.9 Å². The predicted molar refractivity (Wildman–Crippen MR) is 106 cm³/mol. The molecule has 0 saturated heterocycles. The van der Waals surface area contributed by atoms with E-state index in [0.29, 0.717) is 18.7 Å². The molecule has 0 spiro atoms. The summed E-state index contributed by atoms with van der Waals surface area (Å²) in [6, 6.07) is 17.6. The van der Waals surface area contributed by atoms with Gasteiger partial charge in [0, 0.05) is 21.9 Å². The number of hydrogen-bond acceptors (Lipinski definition) is 3. The van der Waals surface area contributed by atoms with Crippen LogP contribution in [0.15, 0.2) is 72.1 Å². The van der Waals surface area contributed by atoms with Crippen molar-refractivity contribution in [3.8, 4) is 0 Å². The molecule has 0 bridgehead atoms. The third-order valence-electron chi connectivity index (χ3n) is 4.26. The van der Waals surface area contributed by atoms with Crippen molar-refractivity contribution in [1.29, 1.82) is 0 Å². The first-order chi connectivity index (χ1) is 12.6. The third-order valence-corrected chi connectivity index (χ3v) is 5.76. The van der Waals surface area contributed by atoms with Crippen molar-refractivity contribution in [3.05, 3.63) is 72.8 Å². The normalized spacial score (nSPS) is 14.3. The second-order valence-electron chi connectivity index (χ2n) is 6.44. The lowest BCUT2D eigenvalue weighted by Crippen LogP contribution is -2.32. The predicted octanol–water partition coefficient (Wildman–Crippen LogP) is 3.79. The molecule has 2 aromatic carbocycles. The smallest absolute Gasteiger partial charge is 0.247 e. The first-order valence-electron chi connectivity index (χ1n) is 8.62. The Morgan fingerprint density at radius 3 is 2.38 bits per heavy atom. The van der Waals surface area contributed by atoms with Crippen LogP contribution in [0, 0.1) is 0 Å². The molecule has 0 aliphatic heterocycles. The van der Waals surface area contributed by atoms with Gasteiger partial charge < -0.3 is 10.6 Å². The van der Waals surface area contributed by atoms with Gasteiger partial charge in [0.15, 0.2) is 0 Å². The SMILES string of the molecule is C=CC(=O)Nc1ccc(CC(=O)NCC2(Sc3ccccc3)CC2)cc1. The van der Waals surface area contributed by atoms with Crippen LogP contribution in [0.3, 0.4) is 0 Å². The maximum Gasteiger partial charge on any atom is 0.247 e. The molecular weight excluding hydrogens is 344 g/mol. The second kappa shape index (κ2) is 8.23. The van der Waals surface area contributed by atoms with Crippen LogP contribution in [0.2, 0.25) is 0 Å². The highest BCUT2D eigenvalue weighted by molar-refractivity contribution is 8.01. The van der Waals surface area contributed by atoms with Crippen LogP contribution in [0.25, 0.3) is 0 Å². The number of carbonyl (C=O) groups excluding carboxylic acids is 2. The van der Waals surface area contributed by atoms with Gasteiger partial charge in [-0.05, 0) is 48.7 Å². The number of nitrogens with one attached hydrogen (secondary N) is 2. The van der Waals surface area contributed by atoms with Gasteiger partial charge in [0.1, 0.15) is 0 Å². The first kappa shape index (κ1) is 18.3. The van der Waals surface area contributed by atoms with Crippen molar-refractivity contribution in [1.82, 2.24) is 5.32 Å². The number of anilines is 1. The van der Waals surface area contributed by atoms with Gasteiger partial charge in [-0.15, -0.1) is 11.8 Å². The fraction of sp³-hybridized carbons (Fsp3) is 0.238. The number of rotatable bonds is 8. The molecule has 2 aromatic rings. The van der Waals surface area contributed by atoms with Gasteiger partial charge in [0.05, 0.1) is 6.42 Å². The monoisotopic (exact) mass is 366 g/mol. The largest absolute Gasteiger partial charge is 0.354 e. The minimum Gasteiger partial charge on any atom is -0.354 e. The molecule has 2 amide bonds. The molecule has 1 aliphatic carbocycles. The molecule has 0 atom stereocenters. The maximum absolute atomic E-state index is 12.2. The molecule has 134 valence electrons. The number of amides is 2. The summed E-state index contributed by atoms with van der Waals surface area (Å²) in [6.45, 7) is 4.11. The Bertz CT molecular complexity index is 783. The maximum atomic E-state index is 12.2. The van der Waals surface area contributed by atoms with Crippen molar-refractivity contribution in [2.45, 2.75) is 28.9 Å². The topological polar surface area (TPSA) is 58.2 Å².